The predicted octanol–water partition coefficient (Wildman–Crippen LogP) is 3.50. The lowest BCUT2D eigenvalue weighted by molar-refractivity contribution is -0.296. The van der Waals surface area contributed by atoms with E-state index in [1.165, 1.54) is 20.8 Å². The number of aliphatic imine (C=N–C) groups is 1. The Morgan fingerprint density at radius 2 is 1.84 bits per heavy atom. The number of cyclic esters (lactones) is 1. The van der Waals surface area contributed by atoms with Crippen LogP contribution >= 0.6 is 0 Å². The van der Waals surface area contributed by atoms with Crippen molar-refractivity contribution in [2.75, 3.05) is 33.0 Å². The maximum absolute atomic E-state index is 14.4. The number of carbonyl (C=O) groups is 3. The molecule has 3 fully saturated rings. The number of nitrogens with two attached hydrogens (primary N) is 1. The molecule has 0 aliphatic carbocycles. The van der Waals surface area contributed by atoms with E-state index < -0.39 is 83.2 Å². The van der Waals surface area contributed by atoms with Crippen LogP contribution in [0.25, 0.3) is 0 Å². The first-order valence-electron chi connectivity index (χ1n) is 19.6. The van der Waals surface area contributed by atoms with E-state index in [4.69, 9.17) is 29.4 Å². The number of ketones is 1. The van der Waals surface area contributed by atoms with Gasteiger partial charge in [-0.05, 0) is 90.8 Å². The summed E-state index contributed by atoms with van der Waals surface area (Å²) in [6.45, 7) is 15.1. The zero-order valence-corrected chi connectivity index (χ0v) is 34.8. The van der Waals surface area contributed by atoms with E-state index in [0.717, 1.165) is 0 Å². The van der Waals surface area contributed by atoms with Crippen LogP contribution in [0.15, 0.2) is 35.0 Å². The Labute approximate surface area is 331 Å². The fourth-order valence-electron chi connectivity index (χ4n) is 8.36. The first-order valence-corrected chi connectivity index (χ1v) is 19.6. The Balaban J connectivity index is 1.98. The number of anilines is 1. The summed E-state index contributed by atoms with van der Waals surface area (Å²) in [6, 6.07) is 3.09. The van der Waals surface area contributed by atoms with Crippen LogP contribution in [0.2, 0.25) is 0 Å². The van der Waals surface area contributed by atoms with Crippen molar-refractivity contribution in [1.29, 1.82) is 0 Å². The van der Waals surface area contributed by atoms with E-state index in [1.54, 1.807) is 38.3 Å². The van der Waals surface area contributed by atoms with Crippen LogP contribution in [0.1, 0.15) is 87.1 Å². The molecule has 0 spiro atoms. The molecule has 56 heavy (non-hydrogen) atoms. The summed E-state index contributed by atoms with van der Waals surface area (Å²) in [5.74, 6) is 1.30. The molecule has 1 amide bonds. The molecule has 310 valence electrons. The molecule has 3 saturated heterocycles. The Morgan fingerprint density at radius 1 is 1.14 bits per heavy atom. The number of carbonyl (C=O) groups excluding carboxylic acids is 3. The number of hydrogen-bond donors (Lipinski definition) is 3. The number of hydrogen-bond acceptors (Lipinski definition) is 13. The maximum atomic E-state index is 14.4. The van der Waals surface area contributed by atoms with Gasteiger partial charge >= 0.3 is 5.97 Å². The number of amides is 1. The van der Waals surface area contributed by atoms with Crippen molar-refractivity contribution in [2.24, 2.45) is 28.7 Å². The molecule has 1 aromatic heterocycles. The number of esters is 1. The van der Waals surface area contributed by atoms with Crippen LogP contribution in [0.5, 0.6) is 0 Å². The molecule has 0 radical (unpaired) electrons. The van der Waals surface area contributed by atoms with Gasteiger partial charge in [-0.25, -0.2) is 9.98 Å². The highest BCUT2D eigenvalue weighted by Gasteiger charge is 2.53. The Hall–Kier alpha value is -3.55. The Bertz CT molecular complexity index is 1680. The fraction of sp³-hybridized carbons (Fsp3) is 0.690. The number of allylic oxidation sites excluding steroid dienone is 1. The Kier molecular flexibility index (Phi) is 15.2. The molecule has 3 aliphatic heterocycles. The molecule has 4 heterocycles. The number of likely N-dealkylation sites (N-methyl/N-ethyl adjacent to an activating group) is 1. The van der Waals surface area contributed by atoms with Crippen molar-refractivity contribution < 1.29 is 48.3 Å². The number of nitrogen functional groups attached to an aromatic ring is 1. The lowest BCUT2D eigenvalue weighted by Crippen LogP contribution is -2.60. The number of aromatic nitrogens is 1. The van der Waals surface area contributed by atoms with E-state index in [0.29, 0.717) is 29.1 Å². The van der Waals surface area contributed by atoms with Crippen molar-refractivity contribution in [3.63, 3.8) is 0 Å². The number of pyridine rings is 1. The Morgan fingerprint density at radius 3 is 2.45 bits per heavy atom. The third kappa shape index (κ3) is 10.5. The third-order valence-electron chi connectivity index (χ3n) is 11.4. The van der Waals surface area contributed by atoms with Crippen LogP contribution < -0.4 is 5.73 Å². The highest BCUT2D eigenvalue weighted by molar-refractivity contribution is 6.00. The quantitative estimate of drug-likeness (QED) is 0.229. The van der Waals surface area contributed by atoms with E-state index >= 15 is 0 Å². The highest BCUT2D eigenvalue weighted by Crippen LogP contribution is 2.40. The summed E-state index contributed by atoms with van der Waals surface area (Å²) < 4.78 is 32.5. The normalized spacial score (nSPS) is 39.2. The number of aliphatic hydroxyl groups excluding tert-OH is 1. The van der Waals surface area contributed by atoms with Crippen LogP contribution in [0, 0.1) is 35.5 Å². The summed E-state index contributed by atoms with van der Waals surface area (Å²) in [7, 11) is 3.74. The van der Waals surface area contributed by atoms with Gasteiger partial charge in [-0.3, -0.25) is 14.4 Å². The molecule has 3 aliphatic rings. The summed E-state index contributed by atoms with van der Waals surface area (Å²) >= 11 is 0. The number of fused-ring (bicyclic) bond motifs is 5. The first-order chi connectivity index (χ1) is 26.2. The number of Topliss-reactive ketones (excluding diaryl/α,β-unsaturated/α-hetero) is 1. The molecule has 2 bridgehead atoms. The molecule has 1 aromatic rings. The van der Waals surface area contributed by atoms with Crippen molar-refractivity contribution in [3.05, 3.63) is 35.5 Å². The fourth-order valence-corrected chi connectivity index (χ4v) is 8.36. The first kappa shape index (κ1) is 45.2. The summed E-state index contributed by atoms with van der Waals surface area (Å²) in [4.78, 5) is 51.6. The second kappa shape index (κ2) is 18.8. The van der Waals surface area contributed by atoms with Crippen LogP contribution in [0.3, 0.4) is 0 Å². The summed E-state index contributed by atoms with van der Waals surface area (Å²) in [5.41, 5.74) is 4.24. The van der Waals surface area contributed by atoms with Gasteiger partial charge in [0.2, 0.25) is 5.91 Å². The third-order valence-corrected chi connectivity index (χ3v) is 11.4. The molecule has 14 nitrogen and oxygen atoms in total. The predicted molar refractivity (Wildman–Crippen MR) is 210 cm³/mol. The zero-order chi connectivity index (χ0) is 41.7. The molecule has 0 saturated carbocycles. The summed E-state index contributed by atoms with van der Waals surface area (Å²) in [6.07, 6.45) is -1.67. The van der Waals surface area contributed by atoms with Crippen molar-refractivity contribution >= 4 is 29.2 Å². The van der Waals surface area contributed by atoms with E-state index in [-0.39, 0.29) is 38.2 Å². The van der Waals surface area contributed by atoms with Crippen LogP contribution in [-0.4, -0.2) is 125 Å². The molecule has 4 rings (SSSR count). The average Bonchev–Trinajstić information content (AvgIpc) is 3.14. The minimum Gasteiger partial charge on any atom is -0.459 e. The lowest BCUT2D eigenvalue weighted by Gasteiger charge is -2.47. The van der Waals surface area contributed by atoms with Gasteiger partial charge in [-0.2, -0.15) is 0 Å². The van der Waals surface area contributed by atoms with Crippen molar-refractivity contribution in [3.8, 4) is 11.8 Å². The molecule has 5 unspecified atom stereocenters. The van der Waals surface area contributed by atoms with E-state index in [2.05, 4.69) is 21.8 Å². The van der Waals surface area contributed by atoms with Crippen molar-refractivity contribution in [2.45, 2.75) is 136 Å². The average molecular weight is 783 g/mol. The smallest absolute Gasteiger partial charge is 0.316 e. The lowest BCUT2D eigenvalue weighted by atomic mass is 9.73. The molecule has 0 aromatic carbocycles. The molecule has 14 heteroatoms. The minimum atomic E-state index is -1.82. The van der Waals surface area contributed by atoms with Gasteiger partial charge in [0, 0.05) is 42.3 Å². The van der Waals surface area contributed by atoms with Gasteiger partial charge < -0.3 is 44.5 Å². The van der Waals surface area contributed by atoms with Crippen molar-refractivity contribution in [1.82, 2.24) is 9.88 Å². The number of rotatable bonds is 4. The molecular formula is C42H62N4O10. The van der Waals surface area contributed by atoms with Gasteiger partial charge in [-0.15, -0.1) is 0 Å². The van der Waals surface area contributed by atoms with Gasteiger partial charge in [0.05, 0.1) is 37.1 Å². The SMILES string of the molecule is CC[C@@H]1OC(=O)[C@H](C)C(=O)[C@H](C)C(O[C@@H]2O[C@H](C)C[C@H](N(C)C)C2O)[C@@]2(C)CC(C)C(=NC(C)=O)C(C)C(OC/C(=C/C#Cc3ccc(N)nc3)CO2)[C@]1(C)O. The van der Waals surface area contributed by atoms with Gasteiger partial charge in [0.25, 0.3) is 0 Å². The van der Waals surface area contributed by atoms with Crippen LogP contribution in [-0.2, 0) is 38.1 Å². The number of aliphatic hydroxyl groups is 2. The van der Waals surface area contributed by atoms with Gasteiger partial charge in [0.15, 0.2) is 12.1 Å². The maximum Gasteiger partial charge on any atom is 0.316 e. The molecule has 13 atom stereocenters. The standard InChI is InChI=1S/C42H62N4O10/c1-12-32-42(9,51)38-25(4)34(45-28(7)47)23(2)19-41(8,53-22-30(21-52-38)15-13-14-29-16-17-33(43)44-20-29)37(26(5)35(48)27(6)39(50)55-32)56-40-36(49)31(46(10)11)18-24(3)54-40/h15-17,20,23-27,31-32,36-38,40,49,51H,12,18-19,21-22H2,1-11H3,(H2,43,44)/b30-15-,45-34?/t23?,24-,25?,26+,27-,31+,32+,36?,37?,38?,40+,41-,42-/m1/s1. The molecular weight excluding hydrogens is 720 g/mol. The van der Waals surface area contributed by atoms with Crippen LogP contribution in [0.4, 0.5) is 5.82 Å². The van der Waals surface area contributed by atoms with Gasteiger partial charge in [0.1, 0.15) is 29.5 Å². The van der Waals surface area contributed by atoms with Gasteiger partial charge in [-0.1, -0.05) is 39.5 Å². The topological polar surface area (TPSA) is 192 Å². The summed E-state index contributed by atoms with van der Waals surface area (Å²) in [5, 5.41) is 24.0. The number of ether oxygens (including phenoxy) is 5. The van der Waals surface area contributed by atoms with E-state index in [1.807, 2.05) is 46.7 Å². The highest BCUT2D eigenvalue weighted by atomic mass is 16.7. The number of nitrogens with zero attached hydrogens (tertiary/aromatic N) is 3. The largest absolute Gasteiger partial charge is 0.459 e. The van der Waals surface area contributed by atoms with E-state index in [9.17, 15) is 24.6 Å². The zero-order valence-electron chi connectivity index (χ0n) is 34.8. The second-order valence-corrected chi connectivity index (χ2v) is 16.4. The second-order valence-electron chi connectivity index (χ2n) is 16.4. The monoisotopic (exact) mass is 782 g/mol. The minimum absolute atomic E-state index is 0.0475. The molecule has 4 N–H and O–H groups in total.